The number of para-hydroxylation sites is 1. The molecule has 3 aromatic rings. The lowest BCUT2D eigenvalue weighted by Crippen LogP contribution is -2.28. The van der Waals surface area contributed by atoms with Crippen molar-refractivity contribution in [2.24, 2.45) is 0 Å². The van der Waals surface area contributed by atoms with E-state index < -0.39 is 0 Å². The summed E-state index contributed by atoms with van der Waals surface area (Å²) in [6.45, 7) is 1.89. The van der Waals surface area contributed by atoms with Crippen LogP contribution in [0.2, 0.25) is 0 Å². The highest BCUT2D eigenvalue weighted by Crippen LogP contribution is 2.15. The Balaban J connectivity index is 1.84. The van der Waals surface area contributed by atoms with Gasteiger partial charge in [0.15, 0.2) is 0 Å². The summed E-state index contributed by atoms with van der Waals surface area (Å²) < 4.78 is 1.46. The van der Waals surface area contributed by atoms with Gasteiger partial charge in [-0.15, -0.1) is 5.10 Å². The summed E-state index contributed by atoms with van der Waals surface area (Å²) in [7, 11) is 0. The second-order valence-electron chi connectivity index (χ2n) is 4.72. The van der Waals surface area contributed by atoms with Crippen molar-refractivity contribution in [2.75, 3.05) is 0 Å². The lowest BCUT2D eigenvalue weighted by molar-refractivity contribution is 0.0939. The summed E-state index contributed by atoms with van der Waals surface area (Å²) in [6, 6.07) is 12.6. The van der Waals surface area contributed by atoms with Gasteiger partial charge in [0.05, 0.1) is 23.0 Å². The number of tetrazole rings is 1. The van der Waals surface area contributed by atoms with Gasteiger partial charge in [-0.3, -0.25) is 9.78 Å². The lowest BCUT2D eigenvalue weighted by atomic mass is 10.1. The minimum Gasteiger partial charge on any atom is -0.344 e. The van der Waals surface area contributed by atoms with Gasteiger partial charge in [0.25, 0.3) is 5.91 Å². The second kappa shape index (κ2) is 6.13. The minimum atomic E-state index is -0.204. The van der Waals surface area contributed by atoms with Crippen molar-refractivity contribution in [3.8, 4) is 5.69 Å². The highest BCUT2D eigenvalue weighted by molar-refractivity contribution is 5.97. The predicted molar refractivity (Wildman–Crippen MR) is 79.3 cm³/mol. The first-order valence-corrected chi connectivity index (χ1v) is 6.80. The normalized spacial score (nSPS) is 11.9. The molecule has 0 saturated carbocycles. The SMILES string of the molecule is CC(NC(=O)c1ccccc1-n1cnnn1)c1ccccn1. The predicted octanol–water partition coefficient (Wildman–Crippen LogP) is 1.55. The monoisotopic (exact) mass is 294 g/mol. The van der Waals surface area contributed by atoms with Gasteiger partial charge in [-0.1, -0.05) is 18.2 Å². The van der Waals surface area contributed by atoms with Gasteiger partial charge >= 0.3 is 0 Å². The number of carbonyl (C=O) groups is 1. The number of hydrogen-bond donors (Lipinski definition) is 1. The molecule has 1 N–H and O–H groups in total. The van der Waals surface area contributed by atoms with Gasteiger partial charge in [-0.25, -0.2) is 0 Å². The van der Waals surface area contributed by atoms with Gasteiger partial charge in [0.2, 0.25) is 0 Å². The quantitative estimate of drug-likeness (QED) is 0.789. The van der Waals surface area contributed by atoms with Crippen LogP contribution in [0.5, 0.6) is 0 Å². The van der Waals surface area contributed by atoms with E-state index in [0.29, 0.717) is 11.3 Å². The molecule has 22 heavy (non-hydrogen) atoms. The van der Waals surface area contributed by atoms with Gasteiger partial charge < -0.3 is 5.32 Å². The topological polar surface area (TPSA) is 85.6 Å². The maximum atomic E-state index is 12.5. The zero-order valence-corrected chi connectivity index (χ0v) is 11.9. The third kappa shape index (κ3) is 2.83. The highest BCUT2D eigenvalue weighted by Gasteiger charge is 2.16. The van der Waals surface area contributed by atoms with Crippen LogP contribution in [0.15, 0.2) is 55.0 Å². The van der Waals surface area contributed by atoms with Crippen molar-refractivity contribution in [2.45, 2.75) is 13.0 Å². The molecule has 7 heteroatoms. The number of hydrogen-bond acceptors (Lipinski definition) is 5. The Morgan fingerprint density at radius 1 is 1.18 bits per heavy atom. The summed E-state index contributed by atoms with van der Waals surface area (Å²) in [5.41, 5.74) is 1.92. The number of nitrogens with one attached hydrogen (secondary N) is 1. The minimum absolute atomic E-state index is 0.198. The first kappa shape index (κ1) is 13.9. The van der Waals surface area contributed by atoms with Crippen LogP contribution in [0.4, 0.5) is 0 Å². The Labute approximate surface area is 127 Å². The smallest absolute Gasteiger partial charge is 0.254 e. The number of aromatic nitrogens is 5. The molecule has 0 bridgehead atoms. The number of pyridine rings is 1. The fraction of sp³-hybridized carbons (Fsp3) is 0.133. The molecule has 3 rings (SSSR count). The van der Waals surface area contributed by atoms with E-state index in [1.807, 2.05) is 31.2 Å². The Kier molecular flexibility index (Phi) is 3.86. The van der Waals surface area contributed by atoms with E-state index in [-0.39, 0.29) is 11.9 Å². The van der Waals surface area contributed by atoms with Crippen LogP contribution in [0.3, 0.4) is 0 Å². The van der Waals surface area contributed by atoms with Crippen LogP contribution in [0.25, 0.3) is 5.69 Å². The molecule has 1 amide bonds. The average Bonchev–Trinajstić information content (AvgIpc) is 3.10. The summed E-state index contributed by atoms with van der Waals surface area (Å²) in [5, 5.41) is 14.0. The molecule has 1 atom stereocenters. The van der Waals surface area contributed by atoms with E-state index in [1.54, 1.807) is 24.4 Å². The second-order valence-corrected chi connectivity index (χ2v) is 4.72. The molecule has 2 heterocycles. The maximum absolute atomic E-state index is 12.5. The molecule has 0 fully saturated rings. The Bertz CT molecular complexity index is 757. The zero-order chi connectivity index (χ0) is 15.4. The van der Waals surface area contributed by atoms with Crippen LogP contribution in [-0.4, -0.2) is 31.1 Å². The van der Waals surface area contributed by atoms with E-state index in [2.05, 4.69) is 25.8 Å². The molecule has 1 unspecified atom stereocenters. The molecular weight excluding hydrogens is 280 g/mol. The average molecular weight is 294 g/mol. The van der Waals surface area contributed by atoms with Crippen molar-refractivity contribution < 1.29 is 4.79 Å². The van der Waals surface area contributed by atoms with E-state index >= 15 is 0 Å². The molecule has 2 aromatic heterocycles. The summed E-state index contributed by atoms with van der Waals surface area (Å²) in [6.07, 6.45) is 3.15. The molecule has 0 saturated heterocycles. The third-order valence-electron chi connectivity index (χ3n) is 3.22. The summed E-state index contributed by atoms with van der Waals surface area (Å²) in [5.74, 6) is -0.204. The first-order valence-electron chi connectivity index (χ1n) is 6.80. The lowest BCUT2D eigenvalue weighted by Gasteiger charge is -2.14. The van der Waals surface area contributed by atoms with Crippen molar-refractivity contribution in [1.29, 1.82) is 0 Å². The third-order valence-corrected chi connectivity index (χ3v) is 3.22. The van der Waals surface area contributed by atoms with Crippen molar-refractivity contribution in [3.63, 3.8) is 0 Å². The molecule has 0 aliphatic rings. The van der Waals surface area contributed by atoms with Gasteiger partial charge in [-0.05, 0) is 41.6 Å². The fourth-order valence-corrected chi connectivity index (χ4v) is 2.12. The number of rotatable bonds is 4. The van der Waals surface area contributed by atoms with Crippen molar-refractivity contribution in [1.82, 2.24) is 30.5 Å². The zero-order valence-electron chi connectivity index (χ0n) is 11.9. The number of benzene rings is 1. The van der Waals surface area contributed by atoms with E-state index in [1.165, 1.54) is 11.0 Å². The van der Waals surface area contributed by atoms with Crippen molar-refractivity contribution >= 4 is 5.91 Å². The van der Waals surface area contributed by atoms with E-state index in [4.69, 9.17) is 0 Å². The molecule has 0 radical (unpaired) electrons. The molecular formula is C15H14N6O. The maximum Gasteiger partial charge on any atom is 0.254 e. The fourth-order valence-electron chi connectivity index (χ4n) is 2.12. The largest absolute Gasteiger partial charge is 0.344 e. The number of amides is 1. The van der Waals surface area contributed by atoms with Crippen LogP contribution >= 0.6 is 0 Å². The van der Waals surface area contributed by atoms with Gasteiger partial charge in [0, 0.05) is 6.20 Å². The van der Waals surface area contributed by atoms with Crippen LogP contribution in [0.1, 0.15) is 29.0 Å². The molecule has 110 valence electrons. The van der Waals surface area contributed by atoms with E-state index in [0.717, 1.165) is 5.69 Å². The number of carbonyl (C=O) groups excluding carboxylic acids is 1. The van der Waals surface area contributed by atoms with Gasteiger partial charge in [-0.2, -0.15) is 4.68 Å². The summed E-state index contributed by atoms with van der Waals surface area (Å²) in [4.78, 5) is 16.8. The highest BCUT2D eigenvalue weighted by atomic mass is 16.1. The molecule has 1 aromatic carbocycles. The van der Waals surface area contributed by atoms with Crippen LogP contribution < -0.4 is 5.32 Å². The Hall–Kier alpha value is -3.09. The van der Waals surface area contributed by atoms with Crippen LogP contribution in [-0.2, 0) is 0 Å². The molecule has 0 spiro atoms. The Morgan fingerprint density at radius 2 is 2.00 bits per heavy atom. The van der Waals surface area contributed by atoms with Crippen molar-refractivity contribution in [3.05, 3.63) is 66.2 Å². The summed E-state index contributed by atoms with van der Waals surface area (Å²) >= 11 is 0. The molecule has 7 nitrogen and oxygen atoms in total. The first-order chi connectivity index (χ1) is 10.8. The molecule has 0 aliphatic heterocycles. The van der Waals surface area contributed by atoms with Crippen LogP contribution in [0, 0.1) is 0 Å². The Morgan fingerprint density at radius 3 is 2.73 bits per heavy atom. The standard InChI is InChI=1S/C15H14N6O/c1-11(13-7-4-5-9-16-13)18-15(22)12-6-2-3-8-14(12)21-10-17-19-20-21/h2-11H,1H3,(H,18,22). The molecule has 0 aliphatic carbocycles. The van der Waals surface area contributed by atoms with Gasteiger partial charge in [0.1, 0.15) is 6.33 Å². The van der Waals surface area contributed by atoms with E-state index in [9.17, 15) is 4.79 Å². The number of nitrogens with zero attached hydrogens (tertiary/aromatic N) is 5.